The summed E-state index contributed by atoms with van der Waals surface area (Å²) in [6.45, 7) is 14.6. The zero-order valence-electron chi connectivity index (χ0n) is 27.1. The van der Waals surface area contributed by atoms with Gasteiger partial charge in [-0.15, -0.1) is 11.3 Å². The highest BCUT2D eigenvalue weighted by Crippen LogP contribution is 2.44. The quantitative estimate of drug-likeness (QED) is 0.109. The number of hydrogen-bond acceptors (Lipinski definition) is 4. The standard InChI is InChI=1S/C38H42ClN2O3S.BrH/c1-5-41(6-2,24-29-18-26(3)17-27(4)19-29)16-10-9-15-40(23-28-13-14-30-11-7-8-12-31(30)20-28)38(42)37-36(39)32-21-33-34(44-25-43-33)22-35(32)45-37;/h7-8,11-14,17-22H,5-6,9-10,15-16,23-25H2,1-4H3;1H/q+1;/p-1. The van der Waals surface area contributed by atoms with E-state index < -0.39 is 0 Å². The molecule has 2 heterocycles. The Bertz CT molecular complexity index is 1830. The molecule has 0 radical (unpaired) electrons. The number of thiophene rings is 1. The van der Waals surface area contributed by atoms with E-state index in [9.17, 15) is 4.79 Å². The molecule has 8 heteroatoms. The number of amides is 1. The van der Waals surface area contributed by atoms with Gasteiger partial charge in [0, 0.05) is 34.8 Å². The lowest BCUT2D eigenvalue weighted by Gasteiger charge is -2.37. The molecule has 1 aliphatic heterocycles. The van der Waals surface area contributed by atoms with Crippen LogP contribution >= 0.6 is 22.9 Å². The molecule has 1 aliphatic rings. The first kappa shape index (κ1) is 34.2. The Balaban J connectivity index is 0.00000417. The average molecular weight is 722 g/mol. The molecule has 5 nitrogen and oxygen atoms in total. The fourth-order valence-electron chi connectivity index (χ4n) is 6.69. The van der Waals surface area contributed by atoms with Crippen molar-refractivity contribution in [3.05, 3.63) is 105 Å². The third kappa shape index (κ3) is 7.38. The number of hydrogen-bond donors (Lipinski definition) is 0. The molecule has 242 valence electrons. The van der Waals surface area contributed by atoms with Crippen molar-refractivity contribution in [3.8, 4) is 11.5 Å². The first-order valence-electron chi connectivity index (χ1n) is 16.0. The summed E-state index contributed by atoms with van der Waals surface area (Å²) in [5.41, 5.74) is 5.16. The lowest BCUT2D eigenvalue weighted by Crippen LogP contribution is -3.00. The second kappa shape index (κ2) is 14.8. The zero-order valence-corrected chi connectivity index (χ0v) is 30.2. The van der Waals surface area contributed by atoms with E-state index in [0.29, 0.717) is 34.5 Å². The minimum absolute atomic E-state index is 0. The maximum atomic E-state index is 14.3. The van der Waals surface area contributed by atoms with E-state index in [0.717, 1.165) is 59.2 Å². The minimum atomic E-state index is -0.0293. The molecule has 6 rings (SSSR count). The van der Waals surface area contributed by atoms with E-state index in [2.05, 4.69) is 88.4 Å². The van der Waals surface area contributed by atoms with Gasteiger partial charge < -0.3 is 35.8 Å². The molecule has 0 spiro atoms. The van der Waals surface area contributed by atoms with Crippen LogP contribution in [0.3, 0.4) is 0 Å². The maximum absolute atomic E-state index is 14.3. The first-order valence-corrected chi connectivity index (χ1v) is 17.2. The van der Waals surface area contributed by atoms with Crippen LogP contribution in [0.4, 0.5) is 0 Å². The Morgan fingerprint density at radius 2 is 1.57 bits per heavy atom. The first-order chi connectivity index (χ1) is 21.8. The molecule has 0 saturated heterocycles. The number of carbonyl (C=O) groups is 1. The SMILES string of the molecule is CC[N+](CC)(CCCCN(Cc1ccc2ccccc2c1)C(=O)c1sc2cc3c(cc2c1Cl)OCO3)Cc1cc(C)cc(C)c1.[Br-]. The summed E-state index contributed by atoms with van der Waals surface area (Å²) in [6, 6.07) is 25.6. The van der Waals surface area contributed by atoms with Gasteiger partial charge in [-0.3, -0.25) is 4.79 Å². The second-order valence-electron chi connectivity index (χ2n) is 12.4. The third-order valence-electron chi connectivity index (χ3n) is 9.24. The van der Waals surface area contributed by atoms with Gasteiger partial charge in [0.15, 0.2) is 11.5 Å². The van der Waals surface area contributed by atoms with Gasteiger partial charge in [-0.25, -0.2) is 0 Å². The van der Waals surface area contributed by atoms with E-state index in [1.807, 2.05) is 17.0 Å². The summed E-state index contributed by atoms with van der Waals surface area (Å²) < 4.78 is 13.1. The molecule has 1 aromatic heterocycles. The maximum Gasteiger partial charge on any atom is 0.265 e. The number of rotatable bonds is 12. The van der Waals surface area contributed by atoms with Gasteiger partial charge in [0.25, 0.3) is 5.91 Å². The van der Waals surface area contributed by atoms with Crippen molar-refractivity contribution in [1.29, 1.82) is 0 Å². The number of benzene rings is 4. The lowest BCUT2D eigenvalue weighted by molar-refractivity contribution is -0.938. The van der Waals surface area contributed by atoms with Gasteiger partial charge in [0.1, 0.15) is 11.4 Å². The van der Waals surface area contributed by atoms with Gasteiger partial charge in [-0.2, -0.15) is 0 Å². The summed E-state index contributed by atoms with van der Waals surface area (Å²) in [4.78, 5) is 16.8. The number of aryl methyl sites for hydroxylation is 2. The summed E-state index contributed by atoms with van der Waals surface area (Å²) in [7, 11) is 0. The molecule has 4 aromatic carbocycles. The normalized spacial score (nSPS) is 12.5. The predicted octanol–water partition coefficient (Wildman–Crippen LogP) is 6.54. The highest BCUT2D eigenvalue weighted by atomic mass is 79.9. The fourth-order valence-corrected chi connectivity index (χ4v) is 8.17. The Labute approximate surface area is 292 Å². The minimum Gasteiger partial charge on any atom is -1.00 e. The molecular formula is C38H42BrClN2O3S. The van der Waals surface area contributed by atoms with Crippen molar-refractivity contribution in [2.75, 3.05) is 33.0 Å². The number of quaternary nitrogens is 1. The van der Waals surface area contributed by atoms with Gasteiger partial charge in [-0.1, -0.05) is 77.3 Å². The van der Waals surface area contributed by atoms with Gasteiger partial charge in [-0.05, 0) is 69.0 Å². The number of carbonyl (C=O) groups excluding carboxylic acids is 1. The second-order valence-corrected chi connectivity index (χ2v) is 13.8. The summed E-state index contributed by atoms with van der Waals surface area (Å²) >= 11 is 8.33. The van der Waals surface area contributed by atoms with Crippen LogP contribution in [0.25, 0.3) is 20.9 Å². The van der Waals surface area contributed by atoms with Crippen LogP contribution in [0.5, 0.6) is 11.5 Å². The van der Waals surface area contributed by atoms with E-state index in [4.69, 9.17) is 21.1 Å². The molecule has 0 bridgehead atoms. The Hall–Kier alpha value is -3.10. The topological polar surface area (TPSA) is 38.8 Å². The van der Waals surface area contributed by atoms with Crippen LogP contribution in [-0.4, -0.2) is 48.3 Å². The molecule has 1 amide bonds. The van der Waals surface area contributed by atoms with Gasteiger partial charge in [0.05, 0.1) is 24.7 Å². The van der Waals surface area contributed by atoms with Crippen molar-refractivity contribution in [2.45, 2.75) is 53.6 Å². The fraction of sp³-hybridized carbons (Fsp3) is 0.342. The van der Waals surface area contributed by atoms with E-state index >= 15 is 0 Å². The molecule has 0 fully saturated rings. The molecule has 0 aliphatic carbocycles. The van der Waals surface area contributed by atoms with Crippen LogP contribution < -0.4 is 26.5 Å². The zero-order chi connectivity index (χ0) is 31.6. The third-order valence-corrected chi connectivity index (χ3v) is 10.9. The Morgan fingerprint density at radius 3 is 2.28 bits per heavy atom. The van der Waals surface area contributed by atoms with Crippen LogP contribution in [-0.2, 0) is 13.1 Å². The highest BCUT2D eigenvalue weighted by molar-refractivity contribution is 7.21. The van der Waals surface area contributed by atoms with Crippen molar-refractivity contribution in [3.63, 3.8) is 0 Å². The number of ether oxygens (including phenoxy) is 2. The van der Waals surface area contributed by atoms with Crippen LogP contribution in [0.2, 0.25) is 5.02 Å². The molecular weight excluding hydrogens is 680 g/mol. The number of unbranched alkanes of at least 4 members (excludes halogenated alkanes) is 1. The van der Waals surface area contributed by atoms with Crippen LogP contribution in [0.1, 0.15) is 58.6 Å². The van der Waals surface area contributed by atoms with Gasteiger partial charge in [0.2, 0.25) is 6.79 Å². The van der Waals surface area contributed by atoms with E-state index in [1.165, 1.54) is 38.8 Å². The number of nitrogens with zero attached hydrogens (tertiary/aromatic N) is 2. The smallest absolute Gasteiger partial charge is 0.265 e. The molecule has 0 N–H and O–H groups in total. The van der Waals surface area contributed by atoms with Gasteiger partial charge >= 0.3 is 0 Å². The van der Waals surface area contributed by atoms with E-state index in [1.54, 1.807) is 0 Å². The molecule has 0 saturated carbocycles. The van der Waals surface area contributed by atoms with E-state index in [-0.39, 0.29) is 29.7 Å². The number of halogens is 2. The highest BCUT2D eigenvalue weighted by Gasteiger charge is 2.27. The predicted molar refractivity (Wildman–Crippen MR) is 187 cm³/mol. The molecule has 46 heavy (non-hydrogen) atoms. The van der Waals surface area contributed by atoms with Crippen molar-refractivity contribution in [1.82, 2.24) is 4.90 Å². The van der Waals surface area contributed by atoms with Crippen LogP contribution in [0, 0.1) is 13.8 Å². The lowest BCUT2D eigenvalue weighted by atomic mass is 10.1. The Morgan fingerprint density at radius 1 is 0.870 bits per heavy atom. The average Bonchev–Trinajstić information content (AvgIpc) is 3.63. The van der Waals surface area contributed by atoms with Crippen molar-refractivity contribution in [2.24, 2.45) is 0 Å². The van der Waals surface area contributed by atoms with Crippen LogP contribution in [0.15, 0.2) is 72.8 Å². The van der Waals surface area contributed by atoms with Crippen molar-refractivity contribution < 1.29 is 35.7 Å². The Kier molecular flexibility index (Phi) is 11.0. The monoisotopic (exact) mass is 720 g/mol. The number of fused-ring (bicyclic) bond motifs is 3. The summed E-state index contributed by atoms with van der Waals surface area (Å²) in [5.74, 6) is 1.34. The molecule has 0 unspecified atom stereocenters. The summed E-state index contributed by atoms with van der Waals surface area (Å²) in [6.07, 6.45) is 1.96. The molecule has 5 aromatic rings. The largest absolute Gasteiger partial charge is 1.00 e. The summed E-state index contributed by atoms with van der Waals surface area (Å²) in [5, 5.41) is 3.69. The van der Waals surface area contributed by atoms with Crippen molar-refractivity contribution >= 4 is 49.7 Å². The molecule has 0 atom stereocenters.